The van der Waals surface area contributed by atoms with Gasteiger partial charge in [-0.25, -0.2) is 4.79 Å². The fourth-order valence-corrected chi connectivity index (χ4v) is 2.97. The predicted octanol–water partition coefficient (Wildman–Crippen LogP) is 3.33. The average Bonchev–Trinajstić information content (AvgIpc) is 2.99. The van der Waals surface area contributed by atoms with E-state index in [1.54, 1.807) is 0 Å². The molecule has 21 heavy (non-hydrogen) atoms. The molecule has 0 radical (unpaired) electrons. The highest BCUT2D eigenvalue weighted by Crippen LogP contribution is 2.26. The first-order valence-electron chi connectivity index (χ1n) is 7.36. The Morgan fingerprint density at radius 2 is 1.71 bits per heavy atom. The van der Waals surface area contributed by atoms with Gasteiger partial charge < -0.3 is 10.0 Å². The second-order valence-electron chi connectivity index (χ2n) is 5.52. The van der Waals surface area contributed by atoms with Gasteiger partial charge in [-0.1, -0.05) is 42.5 Å². The molecule has 1 saturated heterocycles. The Hall–Kier alpha value is -2.29. The van der Waals surface area contributed by atoms with Crippen molar-refractivity contribution in [3.8, 4) is 0 Å². The Morgan fingerprint density at radius 3 is 2.38 bits per heavy atom. The molecule has 0 bridgehead atoms. The van der Waals surface area contributed by atoms with Crippen LogP contribution in [0.1, 0.15) is 24.0 Å². The summed E-state index contributed by atoms with van der Waals surface area (Å²) in [5, 5.41) is 9.25. The van der Waals surface area contributed by atoms with Crippen molar-refractivity contribution in [3.63, 3.8) is 0 Å². The lowest BCUT2D eigenvalue weighted by Crippen LogP contribution is -2.35. The first kappa shape index (κ1) is 13.7. The molecule has 3 rings (SSSR count). The van der Waals surface area contributed by atoms with Crippen LogP contribution in [0.4, 0.5) is 5.69 Å². The van der Waals surface area contributed by atoms with Crippen LogP contribution >= 0.6 is 0 Å². The summed E-state index contributed by atoms with van der Waals surface area (Å²) in [5.41, 5.74) is 3.54. The van der Waals surface area contributed by atoms with E-state index >= 15 is 0 Å². The van der Waals surface area contributed by atoms with E-state index in [-0.39, 0.29) is 6.04 Å². The second kappa shape index (κ2) is 6.00. The minimum atomic E-state index is -0.721. The normalized spacial score (nSPS) is 17.9. The molecule has 108 valence electrons. The molecular weight excluding hydrogens is 262 g/mol. The van der Waals surface area contributed by atoms with E-state index in [4.69, 9.17) is 0 Å². The zero-order chi connectivity index (χ0) is 14.7. The number of aliphatic carboxylic acids is 1. The van der Waals surface area contributed by atoms with Gasteiger partial charge in [-0.2, -0.15) is 0 Å². The number of carbonyl (C=O) groups is 1. The van der Waals surface area contributed by atoms with E-state index < -0.39 is 5.97 Å². The first-order valence-corrected chi connectivity index (χ1v) is 7.36. The summed E-state index contributed by atoms with van der Waals surface area (Å²) < 4.78 is 0. The standard InChI is InChI=1S/C18H19NO2/c20-18(21)17-7-4-12-19(17)16-10-8-15(9-11-16)13-14-5-2-1-3-6-14/h1-3,5-6,8-11,17H,4,7,12-13H2,(H,20,21). The zero-order valence-electron chi connectivity index (χ0n) is 11.9. The Balaban J connectivity index is 1.73. The molecular formula is C18H19NO2. The molecule has 0 aliphatic carbocycles. The van der Waals surface area contributed by atoms with Crippen molar-refractivity contribution in [3.05, 3.63) is 65.7 Å². The van der Waals surface area contributed by atoms with Gasteiger partial charge >= 0.3 is 5.97 Å². The smallest absolute Gasteiger partial charge is 0.326 e. The van der Waals surface area contributed by atoms with Crippen LogP contribution in [0.25, 0.3) is 0 Å². The molecule has 0 spiro atoms. The molecule has 1 atom stereocenters. The Bertz CT molecular complexity index is 607. The highest BCUT2D eigenvalue weighted by Gasteiger charge is 2.30. The van der Waals surface area contributed by atoms with E-state index in [2.05, 4.69) is 24.3 Å². The van der Waals surface area contributed by atoms with Crippen LogP contribution in [0.15, 0.2) is 54.6 Å². The van der Waals surface area contributed by atoms with Crippen LogP contribution in [-0.2, 0) is 11.2 Å². The molecule has 1 fully saturated rings. The maximum Gasteiger partial charge on any atom is 0.326 e. The highest BCUT2D eigenvalue weighted by atomic mass is 16.4. The number of hydrogen-bond donors (Lipinski definition) is 1. The minimum absolute atomic E-state index is 0.370. The third-order valence-electron chi connectivity index (χ3n) is 4.06. The Kier molecular flexibility index (Phi) is 3.91. The summed E-state index contributed by atoms with van der Waals surface area (Å²) >= 11 is 0. The Labute approximate surface area is 124 Å². The monoisotopic (exact) mass is 281 g/mol. The molecule has 1 N–H and O–H groups in total. The van der Waals surface area contributed by atoms with E-state index in [0.717, 1.165) is 31.5 Å². The SMILES string of the molecule is O=C(O)C1CCCN1c1ccc(Cc2ccccc2)cc1. The van der Waals surface area contributed by atoms with Gasteiger partial charge in [-0.3, -0.25) is 0 Å². The van der Waals surface area contributed by atoms with Gasteiger partial charge in [0.15, 0.2) is 0 Å². The third kappa shape index (κ3) is 3.07. The van der Waals surface area contributed by atoms with Crippen LogP contribution in [0.5, 0.6) is 0 Å². The fraction of sp³-hybridized carbons (Fsp3) is 0.278. The number of nitrogens with zero attached hydrogens (tertiary/aromatic N) is 1. The van der Waals surface area contributed by atoms with E-state index in [9.17, 15) is 9.90 Å². The van der Waals surface area contributed by atoms with Crippen molar-refractivity contribution in [1.29, 1.82) is 0 Å². The van der Waals surface area contributed by atoms with Crippen molar-refractivity contribution >= 4 is 11.7 Å². The fourth-order valence-electron chi connectivity index (χ4n) is 2.97. The number of anilines is 1. The second-order valence-corrected chi connectivity index (χ2v) is 5.52. The van der Waals surface area contributed by atoms with Crippen LogP contribution in [0.3, 0.4) is 0 Å². The number of carboxylic acids is 1. The van der Waals surface area contributed by atoms with Crippen molar-refractivity contribution in [1.82, 2.24) is 0 Å². The van der Waals surface area contributed by atoms with Crippen LogP contribution in [0, 0.1) is 0 Å². The summed E-state index contributed by atoms with van der Waals surface area (Å²) in [6, 6.07) is 18.3. The molecule has 2 aromatic rings. The van der Waals surface area contributed by atoms with E-state index in [1.165, 1.54) is 11.1 Å². The molecule has 0 aromatic heterocycles. The number of benzene rings is 2. The molecule has 1 heterocycles. The molecule has 1 aliphatic heterocycles. The zero-order valence-corrected chi connectivity index (χ0v) is 11.9. The van der Waals surface area contributed by atoms with Gasteiger partial charge in [-0.05, 0) is 42.5 Å². The summed E-state index contributed by atoms with van der Waals surface area (Å²) in [4.78, 5) is 13.2. The maximum absolute atomic E-state index is 11.3. The minimum Gasteiger partial charge on any atom is -0.480 e. The van der Waals surface area contributed by atoms with Crippen LogP contribution in [-0.4, -0.2) is 23.7 Å². The molecule has 1 aliphatic rings. The van der Waals surface area contributed by atoms with Gasteiger partial charge in [0.05, 0.1) is 0 Å². The quantitative estimate of drug-likeness (QED) is 0.934. The van der Waals surface area contributed by atoms with Gasteiger partial charge in [0.1, 0.15) is 6.04 Å². The first-order chi connectivity index (χ1) is 10.2. The van der Waals surface area contributed by atoms with Gasteiger partial charge in [0, 0.05) is 12.2 Å². The maximum atomic E-state index is 11.3. The van der Waals surface area contributed by atoms with Gasteiger partial charge in [-0.15, -0.1) is 0 Å². The number of hydrogen-bond acceptors (Lipinski definition) is 2. The van der Waals surface area contributed by atoms with Crippen LogP contribution < -0.4 is 4.90 Å². The third-order valence-corrected chi connectivity index (χ3v) is 4.06. The summed E-state index contributed by atoms with van der Waals surface area (Å²) in [6.07, 6.45) is 2.59. The van der Waals surface area contributed by atoms with Crippen molar-refractivity contribution in [2.45, 2.75) is 25.3 Å². The molecule has 0 amide bonds. The predicted molar refractivity (Wildman–Crippen MR) is 83.7 cm³/mol. The van der Waals surface area contributed by atoms with Gasteiger partial charge in [0.2, 0.25) is 0 Å². The number of rotatable bonds is 4. The van der Waals surface area contributed by atoms with E-state index in [0.29, 0.717) is 0 Å². The highest BCUT2D eigenvalue weighted by molar-refractivity contribution is 5.79. The average molecular weight is 281 g/mol. The van der Waals surface area contributed by atoms with Crippen molar-refractivity contribution in [2.24, 2.45) is 0 Å². The molecule has 2 aromatic carbocycles. The molecule has 3 nitrogen and oxygen atoms in total. The number of carboxylic acid groups (broad SMARTS) is 1. The Morgan fingerprint density at radius 1 is 1.05 bits per heavy atom. The summed E-state index contributed by atoms with van der Waals surface area (Å²) in [6.45, 7) is 0.828. The lowest BCUT2D eigenvalue weighted by Gasteiger charge is -2.23. The molecule has 1 unspecified atom stereocenters. The van der Waals surface area contributed by atoms with Crippen molar-refractivity contribution < 1.29 is 9.90 Å². The topological polar surface area (TPSA) is 40.5 Å². The van der Waals surface area contributed by atoms with Gasteiger partial charge in [0.25, 0.3) is 0 Å². The van der Waals surface area contributed by atoms with E-state index in [1.807, 2.05) is 35.2 Å². The lowest BCUT2D eigenvalue weighted by atomic mass is 10.0. The summed E-state index contributed by atoms with van der Waals surface area (Å²) in [7, 11) is 0. The molecule has 0 saturated carbocycles. The lowest BCUT2D eigenvalue weighted by molar-refractivity contribution is -0.138. The molecule has 3 heteroatoms. The van der Waals surface area contributed by atoms with Crippen molar-refractivity contribution in [2.75, 3.05) is 11.4 Å². The van der Waals surface area contributed by atoms with Crippen LogP contribution in [0.2, 0.25) is 0 Å². The summed E-state index contributed by atoms with van der Waals surface area (Å²) in [5.74, 6) is -0.721. The largest absolute Gasteiger partial charge is 0.480 e.